The lowest BCUT2D eigenvalue weighted by Crippen LogP contribution is -2.63. The molecule has 1 unspecified atom stereocenters. The van der Waals surface area contributed by atoms with E-state index in [1.54, 1.807) is 0 Å². The number of hydrogen-bond donors (Lipinski definition) is 2. The molecule has 3 rings (SSSR count). The van der Waals surface area contributed by atoms with Gasteiger partial charge in [-0.15, -0.1) is 0 Å². The van der Waals surface area contributed by atoms with E-state index < -0.39 is 11.4 Å². The van der Waals surface area contributed by atoms with Crippen molar-refractivity contribution in [3.63, 3.8) is 0 Å². The molecule has 0 aromatic heterocycles. The number of amides is 2. The standard InChI is InChI=1S/C17H27N3O5/c1-18-8-9-20(15(25)16(12-21)4-5-16)11-17(18)3-2-13(22)19(7-6-17)10-14(23)24/h21H,2-12H2,1H3,(H,23,24). The van der Waals surface area contributed by atoms with E-state index in [1.165, 1.54) is 4.90 Å². The summed E-state index contributed by atoms with van der Waals surface area (Å²) in [6.07, 6.45) is 3.05. The zero-order valence-electron chi connectivity index (χ0n) is 14.7. The van der Waals surface area contributed by atoms with Crippen LogP contribution in [0.1, 0.15) is 32.1 Å². The summed E-state index contributed by atoms with van der Waals surface area (Å²) < 4.78 is 0. The molecule has 3 aliphatic rings. The van der Waals surface area contributed by atoms with Crippen LogP contribution in [-0.2, 0) is 14.4 Å². The van der Waals surface area contributed by atoms with Crippen LogP contribution < -0.4 is 0 Å². The van der Waals surface area contributed by atoms with Crippen molar-refractivity contribution in [2.75, 3.05) is 46.4 Å². The van der Waals surface area contributed by atoms with Gasteiger partial charge < -0.3 is 20.0 Å². The minimum absolute atomic E-state index is 0.0282. The van der Waals surface area contributed by atoms with Gasteiger partial charge in [-0.05, 0) is 32.7 Å². The summed E-state index contributed by atoms with van der Waals surface area (Å²) >= 11 is 0. The maximum absolute atomic E-state index is 12.8. The van der Waals surface area contributed by atoms with Crippen LogP contribution in [0.25, 0.3) is 0 Å². The molecule has 8 heteroatoms. The van der Waals surface area contributed by atoms with Gasteiger partial charge in [-0.2, -0.15) is 0 Å². The molecule has 2 aliphatic heterocycles. The SMILES string of the molecule is CN1CCN(C(=O)C2(CO)CC2)CC12CCC(=O)N(CC(=O)O)CC2. The predicted octanol–water partition coefficient (Wildman–Crippen LogP) is -0.631. The smallest absolute Gasteiger partial charge is 0.323 e. The first-order valence-corrected chi connectivity index (χ1v) is 8.93. The minimum atomic E-state index is -1.00. The summed E-state index contributed by atoms with van der Waals surface area (Å²) in [5, 5.41) is 18.5. The first-order valence-electron chi connectivity index (χ1n) is 8.93. The van der Waals surface area contributed by atoms with Gasteiger partial charge in [0.05, 0.1) is 12.0 Å². The number of carboxylic acid groups (broad SMARTS) is 1. The van der Waals surface area contributed by atoms with Gasteiger partial charge >= 0.3 is 5.97 Å². The van der Waals surface area contributed by atoms with Crippen molar-refractivity contribution >= 4 is 17.8 Å². The highest BCUT2D eigenvalue weighted by Crippen LogP contribution is 2.47. The van der Waals surface area contributed by atoms with Crippen LogP contribution in [0.2, 0.25) is 0 Å². The third-order valence-corrected chi connectivity index (χ3v) is 6.23. The molecule has 25 heavy (non-hydrogen) atoms. The van der Waals surface area contributed by atoms with E-state index in [0.29, 0.717) is 38.9 Å². The average molecular weight is 353 g/mol. The van der Waals surface area contributed by atoms with E-state index >= 15 is 0 Å². The molecule has 1 spiro atoms. The van der Waals surface area contributed by atoms with Crippen molar-refractivity contribution in [1.82, 2.24) is 14.7 Å². The highest BCUT2D eigenvalue weighted by molar-refractivity contribution is 5.86. The van der Waals surface area contributed by atoms with Crippen molar-refractivity contribution < 1.29 is 24.6 Å². The Morgan fingerprint density at radius 1 is 1.12 bits per heavy atom. The third-order valence-electron chi connectivity index (χ3n) is 6.23. The topological polar surface area (TPSA) is 101 Å². The largest absolute Gasteiger partial charge is 0.480 e. The number of carbonyl (C=O) groups is 3. The predicted molar refractivity (Wildman–Crippen MR) is 88.8 cm³/mol. The Morgan fingerprint density at radius 3 is 2.44 bits per heavy atom. The highest BCUT2D eigenvalue weighted by atomic mass is 16.4. The molecule has 0 aromatic rings. The maximum Gasteiger partial charge on any atom is 0.323 e. The second-order valence-corrected chi connectivity index (χ2v) is 7.77. The number of likely N-dealkylation sites (N-methyl/N-ethyl adjacent to an activating group) is 1. The molecule has 140 valence electrons. The number of hydrogen-bond acceptors (Lipinski definition) is 5. The van der Waals surface area contributed by atoms with Gasteiger partial charge in [-0.25, -0.2) is 0 Å². The summed E-state index contributed by atoms with van der Waals surface area (Å²) in [5.41, 5.74) is -0.880. The van der Waals surface area contributed by atoms with Crippen LogP contribution in [0.5, 0.6) is 0 Å². The first-order chi connectivity index (χ1) is 11.8. The van der Waals surface area contributed by atoms with E-state index in [1.807, 2.05) is 11.9 Å². The highest BCUT2D eigenvalue weighted by Gasteiger charge is 2.53. The van der Waals surface area contributed by atoms with Crippen molar-refractivity contribution in [3.8, 4) is 0 Å². The van der Waals surface area contributed by atoms with E-state index in [4.69, 9.17) is 5.11 Å². The molecule has 2 N–H and O–H groups in total. The summed E-state index contributed by atoms with van der Waals surface area (Å²) in [4.78, 5) is 41.5. The van der Waals surface area contributed by atoms with E-state index in [9.17, 15) is 19.5 Å². The normalized spacial score (nSPS) is 29.6. The molecule has 2 heterocycles. The molecule has 0 aromatic carbocycles. The quantitative estimate of drug-likeness (QED) is 0.698. The fourth-order valence-electron chi connectivity index (χ4n) is 4.12. The van der Waals surface area contributed by atoms with Crippen LogP contribution in [0.4, 0.5) is 0 Å². The van der Waals surface area contributed by atoms with E-state index in [-0.39, 0.29) is 30.5 Å². The minimum Gasteiger partial charge on any atom is -0.480 e. The molecule has 3 fully saturated rings. The van der Waals surface area contributed by atoms with Crippen LogP contribution in [-0.4, -0.2) is 94.6 Å². The third kappa shape index (κ3) is 3.37. The van der Waals surface area contributed by atoms with Crippen molar-refractivity contribution in [1.29, 1.82) is 0 Å². The summed E-state index contributed by atoms with van der Waals surface area (Å²) in [6.45, 7) is 1.91. The van der Waals surface area contributed by atoms with E-state index in [2.05, 4.69) is 4.90 Å². The van der Waals surface area contributed by atoms with Gasteiger partial charge in [-0.1, -0.05) is 0 Å². The molecule has 0 radical (unpaired) electrons. The molecule has 1 saturated carbocycles. The molecule has 0 bridgehead atoms. The van der Waals surface area contributed by atoms with Gasteiger partial charge in [0.2, 0.25) is 11.8 Å². The van der Waals surface area contributed by atoms with Gasteiger partial charge in [-0.3, -0.25) is 19.3 Å². The number of carbonyl (C=O) groups excluding carboxylic acids is 2. The molecule has 8 nitrogen and oxygen atoms in total. The average Bonchev–Trinajstić information content (AvgIpc) is 3.39. The Bertz CT molecular complexity index is 577. The fraction of sp³-hybridized carbons (Fsp3) is 0.824. The van der Waals surface area contributed by atoms with Crippen LogP contribution >= 0.6 is 0 Å². The number of likely N-dealkylation sites (tertiary alicyclic amines) is 1. The number of rotatable bonds is 4. The summed E-state index contributed by atoms with van der Waals surface area (Å²) in [6, 6.07) is 0. The monoisotopic (exact) mass is 353 g/mol. The molecule has 1 atom stereocenters. The molecular weight excluding hydrogens is 326 g/mol. The second kappa shape index (κ2) is 6.57. The summed E-state index contributed by atoms with van der Waals surface area (Å²) in [5.74, 6) is -1.11. The van der Waals surface area contributed by atoms with Gasteiger partial charge in [0, 0.05) is 38.1 Å². The van der Waals surface area contributed by atoms with Crippen molar-refractivity contribution in [3.05, 3.63) is 0 Å². The number of carboxylic acids is 1. The fourth-order valence-corrected chi connectivity index (χ4v) is 4.12. The Hall–Kier alpha value is -1.67. The lowest BCUT2D eigenvalue weighted by atomic mass is 9.85. The Morgan fingerprint density at radius 2 is 1.84 bits per heavy atom. The number of aliphatic carboxylic acids is 1. The molecule has 2 saturated heterocycles. The van der Waals surface area contributed by atoms with Crippen molar-refractivity contribution in [2.24, 2.45) is 5.41 Å². The van der Waals surface area contributed by atoms with Crippen LogP contribution in [0, 0.1) is 5.41 Å². The zero-order chi connectivity index (χ0) is 18.2. The van der Waals surface area contributed by atoms with E-state index in [0.717, 1.165) is 19.4 Å². The summed E-state index contributed by atoms with van der Waals surface area (Å²) in [7, 11) is 2.01. The van der Waals surface area contributed by atoms with Crippen LogP contribution in [0.3, 0.4) is 0 Å². The number of aliphatic hydroxyl groups is 1. The molecule has 1 aliphatic carbocycles. The lowest BCUT2D eigenvalue weighted by Gasteiger charge is -2.50. The lowest BCUT2D eigenvalue weighted by molar-refractivity contribution is -0.144. The zero-order valence-corrected chi connectivity index (χ0v) is 14.7. The molecule has 2 amide bonds. The Kier molecular flexibility index (Phi) is 4.76. The number of aliphatic hydroxyl groups excluding tert-OH is 1. The van der Waals surface area contributed by atoms with Crippen LogP contribution in [0.15, 0.2) is 0 Å². The number of nitrogens with zero attached hydrogens (tertiary/aromatic N) is 3. The Balaban J connectivity index is 1.73. The maximum atomic E-state index is 12.8. The first kappa shape index (κ1) is 18.1. The van der Waals surface area contributed by atoms with Crippen molar-refractivity contribution in [2.45, 2.75) is 37.6 Å². The number of piperazine rings is 1. The molecular formula is C17H27N3O5. The Labute approximate surface area is 147 Å². The second-order valence-electron chi connectivity index (χ2n) is 7.77. The van der Waals surface area contributed by atoms with Gasteiger partial charge in [0.15, 0.2) is 0 Å². The van der Waals surface area contributed by atoms with Gasteiger partial charge in [0.25, 0.3) is 0 Å². The van der Waals surface area contributed by atoms with Gasteiger partial charge in [0.1, 0.15) is 6.54 Å².